The first-order chi connectivity index (χ1) is 16.1. The maximum atomic E-state index is 13.1. The zero-order chi connectivity index (χ0) is 24.3. The lowest BCUT2D eigenvalue weighted by Gasteiger charge is -2.30. The van der Waals surface area contributed by atoms with Crippen LogP contribution < -0.4 is 5.32 Å². The first-order valence-corrected chi connectivity index (χ1v) is 13.1. The molecule has 0 atom stereocenters. The Morgan fingerprint density at radius 3 is 2.18 bits per heavy atom. The van der Waals surface area contributed by atoms with Gasteiger partial charge in [-0.15, -0.1) is 0 Å². The molecular formula is C26H32N4O3S. The molecule has 1 aliphatic rings. The summed E-state index contributed by atoms with van der Waals surface area (Å²) in [6.45, 7) is 7.49. The van der Waals surface area contributed by atoms with Gasteiger partial charge in [0.2, 0.25) is 15.9 Å². The van der Waals surface area contributed by atoms with Gasteiger partial charge in [0.05, 0.1) is 17.1 Å². The molecular weight excluding hydrogens is 448 g/mol. The zero-order valence-electron chi connectivity index (χ0n) is 19.9. The van der Waals surface area contributed by atoms with Crippen LogP contribution in [0.25, 0.3) is 0 Å². The maximum absolute atomic E-state index is 13.1. The number of anilines is 1. The second kappa shape index (κ2) is 9.72. The van der Waals surface area contributed by atoms with Crippen LogP contribution in [0.4, 0.5) is 5.82 Å². The molecule has 0 bridgehead atoms. The van der Waals surface area contributed by atoms with Crippen LogP contribution in [0.2, 0.25) is 0 Å². The SMILES string of the molecule is CC(C)(C)c1cc(NC(=O)C2CCN(S(=O)(=O)c3ccccc3)CC2)n(Cc2ccccc2)n1. The third kappa shape index (κ3) is 5.39. The van der Waals surface area contributed by atoms with Crippen molar-refractivity contribution in [3.63, 3.8) is 0 Å². The second-order valence-electron chi connectivity index (χ2n) is 9.79. The molecule has 8 heteroatoms. The summed E-state index contributed by atoms with van der Waals surface area (Å²) in [4.78, 5) is 13.4. The average Bonchev–Trinajstić information content (AvgIpc) is 3.23. The molecule has 2 aromatic carbocycles. The molecule has 34 heavy (non-hydrogen) atoms. The van der Waals surface area contributed by atoms with Crippen molar-refractivity contribution in [1.29, 1.82) is 0 Å². The molecule has 1 amide bonds. The number of sulfonamides is 1. The minimum atomic E-state index is -3.54. The van der Waals surface area contributed by atoms with Crippen LogP contribution in [0.3, 0.4) is 0 Å². The quantitative estimate of drug-likeness (QED) is 0.571. The standard InChI is InChI=1S/C26H32N4O3S/c1-26(2,3)23-18-24(30(28-23)19-20-10-6-4-7-11-20)27-25(31)21-14-16-29(17-15-21)34(32,33)22-12-8-5-9-13-22/h4-13,18,21H,14-17,19H2,1-3H3,(H,27,31). The predicted octanol–water partition coefficient (Wildman–Crippen LogP) is 4.27. The first-order valence-electron chi connectivity index (χ1n) is 11.6. The molecule has 1 fully saturated rings. The highest BCUT2D eigenvalue weighted by Gasteiger charge is 2.32. The molecule has 1 aliphatic heterocycles. The molecule has 1 N–H and O–H groups in total. The first kappa shape index (κ1) is 24.2. The number of carbonyl (C=O) groups is 1. The van der Waals surface area contributed by atoms with Gasteiger partial charge in [-0.1, -0.05) is 69.3 Å². The lowest BCUT2D eigenvalue weighted by molar-refractivity contribution is -0.121. The molecule has 2 heterocycles. The summed E-state index contributed by atoms with van der Waals surface area (Å²) < 4.78 is 29.1. The Hall–Kier alpha value is -2.97. The highest BCUT2D eigenvalue weighted by atomic mass is 32.2. The molecule has 0 spiro atoms. The van der Waals surface area contributed by atoms with Crippen molar-refractivity contribution >= 4 is 21.7 Å². The van der Waals surface area contributed by atoms with Crippen LogP contribution in [0.5, 0.6) is 0 Å². The van der Waals surface area contributed by atoms with Crippen LogP contribution in [-0.2, 0) is 26.8 Å². The number of carbonyl (C=O) groups excluding carboxylic acids is 1. The predicted molar refractivity (Wildman–Crippen MR) is 133 cm³/mol. The minimum Gasteiger partial charge on any atom is -0.311 e. The van der Waals surface area contributed by atoms with E-state index in [0.717, 1.165) is 11.3 Å². The van der Waals surface area contributed by atoms with Gasteiger partial charge >= 0.3 is 0 Å². The lowest BCUT2D eigenvalue weighted by Crippen LogP contribution is -2.41. The number of hydrogen-bond donors (Lipinski definition) is 1. The van der Waals surface area contributed by atoms with Crippen molar-refractivity contribution in [2.75, 3.05) is 18.4 Å². The number of aromatic nitrogens is 2. The molecule has 1 aromatic heterocycles. The Morgan fingerprint density at radius 1 is 1.00 bits per heavy atom. The van der Waals surface area contributed by atoms with Gasteiger partial charge in [0.15, 0.2) is 0 Å². The van der Waals surface area contributed by atoms with E-state index in [1.807, 2.05) is 41.1 Å². The van der Waals surface area contributed by atoms with Crippen LogP contribution in [-0.4, -0.2) is 41.5 Å². The van der Waals surface area contributed by atoms with Crippen molar-refractivity contribution in [2.24, 2.45) is 5.92 Å². The van der Waals surface area contributed by atoms with Gasteiger partial charge in [-0.05, 0) is 30.5 Å². The largest absolute Gasteiger partial charge is 0.311 e. The summed E-state index contributed by atoms with van der Waals surface area (Å²) in [6.07, 6.45) is 0.966. The second-order valence-corrected chi connectivity index (χ2v) is 11.7. The van der Waals surface area contributed by atoms with Gasteiger partial charge in [0, 0.05) is 30.5 Å². The van der Waals surface area contributed by atoms with Crippen LogP contribution >= 0.6 is 0 Å². The fraction of sp³-hybridized carbons (Fsp3) is 0.385. The number of benzene rings is 2. The molecule has 4 rings (SSSR count). The number of piperidine rings is 1. The van der Waals surface area contributed by atoms with E-state index in [1.54, 1.807) is 30.3 Å². The number of nitrogens with one attached hydrogen (secondary N) is 1. The van der Waals surface area contributed by atoms with Gasteiger partial charge in [0.1, 0.15) is 5.82 Å². The van der Waals surface area contributed by atoms with Gasteiger partial charge in [-0.3, -0.25) is 4.79 Å². The molecule has 0 saturated carbocycles. The Kier molecular flexibility index (Phi) is 6.91. The fourth-order valence-corrected chi connectivity index (χ4v) is 5.58. The minimum absolute atomic E-state index is 0.0913. The number of amides is 1. The molecule has 0 aliphatic carbocycles. The van der Waals surface area contributed by atoms with E-state index in [2.05, 4.69) is 26.1 Å². The van der Waals surface area contributed by atoms with Gasteiger partial charge in [-0.2, -0.15) is 9.40 Å². The Balaban J connectivity index is 1.45. The molecule has 1 saturated heterocycles. The van der Waals surface area contributed by atoms with E-state index in [4.69, 9.17) is 5.10 Å². The van der Waals surface area contributed by atoms with Crippen LogP contribution in [0.1, 0.15) is 44.9 Å². The number of nitrogens with zero attached hydrogens (tertiary/aromatic N) is 3. The molecule has 180 valence electrons. The topological polar surface area (TPSA) is 84.3 Å². The smallest absolute Gasteiger partial charge is 0.243 e. The van der Waals surface area contributed by atoms with E-state index >= 15 is 0 Å². The third-order valence-corrected chi connectivity index (χ3v) is 8.09. The van der Waals surface area contributed by atoms with Crippen molar-refractivity contribution in [2.45, 2.75) is 50.5 Å². The average molecular weight is 481 g/mol. The number of hydrogen-bond acceptors (Lipinski definition) is 4. The maximum Gasteiger partial charge on any atom is 0.243 e. The summed E-state index contributed by atoms with van der Waals surface area (Å²) in [5.41, 5.74) is 1.85. The zero-order valence-corrected chi connectivity index (χ0v) is 20.8. The third-order valence-electron chi connectivity index (χ3n) is 6.18. The summed E-state index contributed by atoms with van der Waals surface area (Å²) >= 11 is 0. The number of rotatable bonds is 6. The van der Waals surface area contributed by atoms with E-state index < -0.39 is 10.0 Å². The molecule has 7 nitrogen and oxygen atoms in total. The molecule has 0 radical (unpaired) electrons. The van der Waals surface area contributed by atoms with Crippen molar-refractivity contribution in [3.8, 4) is 0 Å². The fourth-order valence-electron chi connectivity index (χ4n) is 4.09. The van der Waals surface area contributed by atoms with Crippen molar-refractivity contribution in [3.05, 3.63) is 78.0 Å². The summed E-state index contributed by atoms with van der Waals surface area (Å²) in [7, 11) is -3.54. The highest BCUT2D eigenvalue weighted by Crippen LogP contribution is 2.27. The lowest BCUT2D eigenvalue weighted by atomic mass is 9.92. The van der Waals surface area contributed by atoms with E-state index in [-0.39, 0.29) is 22.1 Å². The normalized spacial score (nSPS) is 15.9. The Bertz CT molecular complexity index is 1220. The van der Waals surface area contributed by atoms with Gasteiger partial charge < -0.3 is 5.32 Å². The van der Waals surface area contributed by atoms with Crippen LogP contribution in [0.15, 0.2) is 71.6 Å². The Labute approximate surface area is 201 Å². The summed E-state index contributed by atoms with van der Waals surface area (Å²) in [5.74, 6) is 0.324. The monoisotopic (exact) mass is 480 g/mol. The Morgan fingerprint density at radius 2 is 1.59 bits per heavy atom. The molecule has 0 unspecified atom stereocenters. The van der Waals surface area contributed by atoms with Crippen LogP contribution in [0, 0.1) is 5.92 Å². The van der Waals surface area contributed by atoms with E-state index in [1.165, 1.54) is 4.31 Å². The van der Waals surface area contributed by atoms with Crippen molar-refractivity contribution < 1.29 is 13.2 Å². The van der Waals surface area contributed by atoms with E-state index in [0.29, 0.717) is 38.3 Å². The van der Waals surface area contributed by atoms with Crippen molar-refractivity contribution in [1.82, 2.24) is 14.1 Å². The van der Waals surface area contributed by atoms with E-state index in [9.17, 15) is 13.2 Å². The summed E-state index contributed by atoms with van der Waals surface area (Å²) in [6, 6.07) is 20.4. The highest BCUT2D eigenvalue weighted by molar-refractivity contribution is 7.89. The van der Waals surface area contributed by atoms with Gasteiger partial charge in [0.25, 0.3) is 0 Å². The molecule has 3 aromatic rings. The van der Waals surface area contributed by atoms with Gasteiger partial charge in [-0.25, -0.2) is 13.1 Å². The summed E-state index contributed by atoms with van der Waals surface area (Å²) in [5, 5.41) is 7.84.